The molecule has 0 aromatic carbocycles. The van der Waals surface area contributed by atoms with Gasteiger partial charge in [0.05, 0.1) is 17.8 Å². The minimum Gasteiger partial charge on any atom is -0.462 e. The molecule has 0 saturated carbocycles. The Balaban J connectivity index is 2.51. The van der Waals surface area contributed by atoms with Gasteiger partial charge in [-0.25, -0.2) is 9.78 Å². The predicted octanol–water partition coefficient (Wildman–Crippen LogP) is 1.46. The van der Waals surface area contributed by atoms with Crippen molar-refractivity contribution < 1.29 is 19.4 Å². The first kappa shape index (κ1) is 16.4. The molecular formula is C14H22N2O4. The molecule has 0 aliphatic heterocycles. The minimum atomic E-state index is -0.877. The highest BCUT2D eigenvalue weighted by Crippen LogP contribution is 2.12. The number of rotatable bonds is 8. The summed E-state index contributed by atoms with van der Waals surface area (Å²) in [6, 6.07) is 3.32. The molecule has 0 saturated heterocycles. The van der Waals surface area contributed by atoms with Crippen LogP contribution in [0.3, 0.4) is 0 Å². The van der Waals surface area contributed by atoms with Gasteiger partial charge in [0.15, 0.2) is 0 Å². The van der Waals surface area contributed by atoms with Gasteiger partial charge in [0.1, 0.15) is 5.82 Å². The summed E-state index contributed by atoms with van der Waals surface area (Å²) in [7, 11) is 1.60. The average molecular weight is 282 g/mol. The zero-order valence-corrected chi connectivity index (χ0v) is 12.2. The molecule has 6 nitrogen and oxygen atoms in total. The smallest absolute Gasteiger partial charge is 0.339 e. The molecule has 0 aliphatic carbocycles. The van der Waals surface area contributed by atoms with Gasteiger partial charge in [-0.2, -0.15) is 0 Å². The SMILES string of the molecule is CCOC(=O)c1ccc(NCC(C)(O)CCOC)nc1. The summed E-state index contributed by atoms with van der Waals surface area (Å²) < 4.78 is 9.81. The second kappa shape index (κ2) is 7.81. The van der Waals surface area contributed by atoms with Crippen LogP contribution in [-0.2, 0) is 9.47 Å². The summed E-state index contributed by atoms with van der Waals surface area (Å²) in [5.74, 6) is 0.203. The highest BCUT2D eigenvalue weighted by atomic mass is 16.5. The highest BCUT2D eigenvalue weighted by Gasteiger charge is 2.19. The Labute approximate surface area is 119 Å². The van der Waals surface area contributed by atoms with Crippen LogP contribution in [0, 0.1) is 0 Å². The lowest BCUT2D eigenvalue weighted by atomic mass is 10.0. The van der Waals surface area contributed by atoms with Gasteiger partial charge in [0.2, 0.25) is 0 Å². The van der Waals surface area contributed by atoms with Crippen LogP contribution < -0.4 is 5.32 Å². The van der Waals surface area contributed by atoms with Crippen LogP contribution in [0.5, 0.6) is 0 Å². The number of carbonyl (C=O) groups is 1. The lowest BCUT2D eigenvalue weighted by Gasteiger charge is -2.23. The first-order chi connectivity index (χ1) is 9.48. The largest absolute Gasteiger partial charge is 0.462 e. The van der Waals surface area contributed by atoms with Gasteiger partial charge in [-0.3, -0.25) is 0 Å². The zero-order valence-electron chi connectivity index (χ0n) is 12.2. The molecule has 112 valence electrons. The Kier molecular flexibility index (Phi) is 6.41. The van der Waals surface area contributed by atoms with Gasteiger partial charge >= 0.3 is 5.97 Å². The summed E-state index contributed by atoms with van der Waals surface area (Å²) in [5.41, 5.74) is -0.471. The molecule has 0 aliphatic rings. The molecule has 0 spiro atoms. The lowest BCUT2D eigenvalue weighted by molar-refractivity contribution is 0.0356. The number of carbonyl (C=O) groups excluding carboxylic acids is 1. The average Bonchev–Trinajstić information content (AvgIpc) is 2.44. The summed E-state index contributed by atoms with van der Waals surface area (Å²) in [6.07, 6.45) is 1.97. The van der Waals surface area contributed by atoms with E-state index in [1.54, 1.807) is 33.1 Å². The molecular weight excluding hydrogens is 260 g/mol. The van der Waals surface area contributed by atoms with Crippen molar-refractivity contribution in [2.24, 2.45) is 0 Å². The van der Waals surface area contributed by atoms with Gasteiger partial charge in [0.25, 0.3) is 0 Å². The third-order valence-corrected chi connectivity index (χ3v) is 2.77. The van der Waals surface area contributed by atoms with Crippen LogP contribution in [0.2, 0.25) is 0 Å². The molecule has 1 rings (SSSR count). The molecule has 0 radical (unpaired) electrons. The van der Waals surface area contributed by atoms with Crippen molar-refractivity contribution in [1.29, 1.82) is 0 Å². The summed E-state index contributed by atoms with van der Waals surface area (Å²) >= 11 is 0. The van der Waals surface area contributed by atoms with Crippen LogP contribution in [0.25, 0.3) is 0 Å². The molecule has 2 N–H and O–H groups in total. The van der Waals surface area contributed by atoms with Gasteiger partial charge in [0, 0.05) is 32.9 Å². The van der Waals surface area contributed by atoms with Gasteiger partial charge < -0.3 is 19.9 Å². The number of anilines is 1. The molecule has 0 fully saturated rings. The maximum Gasteiger partial charge on any atom is 0.339 e. The lowest BCUT2D eigenvalue weighted by Crippen LogP contribution is -2.34. The highest BCUT2D eigenvalue weighted by molar-refractivity contribution is 5.89. The van der Waals surface area contributed by atoms with E-state index in [0.717, 1.165) is 0 Å². The molecule has 1 atom stereocenters. The maximum atomic E-state index is 11.5. The molecule has 0 amide bonds. The number of aliphatic hydroxyl groups is 1. The quantitative estimate of drug-likeness (QED) is 0.703. The van der Waals surface area contributed by atoms with E-state index in [4.69, 9.17) is 9.47 Å². The topological polar surface area (TPSA) is 80.7 Å². The molecule has 0 bridgehead atoms. The monoisotopic (exact) mass is 282 g/mol. The van der Waals surface area contributed by atoms with E-state index in [1.165, 1.54) is 6.20 Å². The molecule has 1 aromatic rings. The van der Waals surface area contributed by atoms with Gasteiger partial charge in [-0.05, 0) is 26.0 Å². The first-order valence-corrected chi connectivity index (χ1v) is 6.57. The third kappa shape index (κ3) is 5.54. The van der Waals surface area contributed by atoms with Crippen molar-refractivity contribution in [2.75, 3.05) is 32.2 Å². The maximum absolute atomic E-state index is 11.5. The van der Waals surface area contributed by atoms with Crippen LogP contribution in [0.4, 0.5) is 5.82 Å². The summed E-state index contributed by atoms with van der Waals surface area (Å²) in [4.78, 5) is 15.6. The van der Waals surface area contributed by atoms with Crippen molar-refractivity contribution in [3.8, 4) is 0 Å². The Morgan fingerprint density at radius 3 is 2.80 bits per heavy atom. The van der Waals surface area contributed by atoms with E-state index in [2.05, 4.69) is 10.3 Å². The van der Waals surface area contributed by atoms with Crippen molar-refractivity contribution in [2.45, 2.75) is 25.9 Å². The number of ether oxygens (including phenoxy) is 2. The number of hydrogen-bond acceptors (Lipinski definition) is 6. The zero-order chi connectivity index (χ0) is 15.0. The fraction of sp³-hybridized carbons (Fsp3) is 0.571. The normalized spacial score (nSPS) is 13.6. The second-order valence-electron chi connectivity index (χ2n) is 4.75. The molecule has 1 heterocycles. The third-order valence-electron chi connectivity index (χ3n) is 2.77. The van der Waals surface area contributed by atoms with E-state index in [0.29, 0.717) is 37.6 Å². The molecule has 1 unspecified atom stereocenters. The fourth-order valence-corrected chi connectivity index (χ4v) is 1.52. The van der Waals surface area contributed by atoms with Crippen molar-refractivity contribution >= 4 is 11.8 Å². The van der Waals surface area contributed by atoms with Crippen molar-refractivity contribution in [3.63, 3.8) is 0 Å². The van der Waals surface area contributed by atoms with Crippen LogP contribution in [0.15, 0.2) is 18.3 Å². The first-order valence-electron chi connectivity index (χ1n) is 6.57. The van der Waals surface area contributed by atoms with E-state index in [-0.39, 0.29) is 0 Å². The van der Waals surface area contributed by atoms with Crippen molar-refractivity contribution in [3.05, 3.63) is 23.9 Å². The van der Waals surface area contributed by atoms with E-state index < -0.39 is 11.6 Å². The van der Waals surface area contributed by atoms with Gasteiger partial charge in [-0.1, -0.05) is 0 Å². The van der Waals surface area contributed by atoms with Crippen molar-refractivity contribution in [1.82, 2.24) is 4.98 Å². The Bertz CT molecular complexity index is 418. The fourth-order valence-electron chi connectivity index (χ4n) is 1.52. The molecule has 1 aromatic heterocycles. The second-order valence-corrected chi connectivity index (χ2v) is 4.75. The van der Waals surface area contributed by atoms with Gasteiger partial charge in [-0.15, -0.1) is 0 Å². The van der Waals surface area contributed by atoms with Crippen LogP contribution >= 0.6 is 0 Å². The Morgan fingerprint density at radius 1 is 1.50 bits per heavy atom. The van der Waals surface area contributed by atoms with E-state index in [1.807, 2.05) is 0 Å². The van der Waals surface area contributed by atoms with Crippen LogP contribution in [-0.4, -0.2) is 48.5 Å². The van der Waals surface area contributed by atoms with Crippen LogP contribution in [0.1, 0.15) is 30.6 Å². The van der Waals surface area contributed by atoms with E-state index >= 15 is 0 Å². The van der Waals surface area contributed by atoms with E-state index in [9.17, 15) is 9.90 Å². The number of nitrogens with one attached hydrogen (secondary N) is 1. The number of nitrogens with zero attached hydrogens (tertiary/aromatic N) is 1. The molecule has 20 heavy (non-hydrogen) atoms. The summed E-state index contributed by atoms with van der Waals surface area (Å²) in [6.45, 7) is 4.66. The number of methoxy groups -OCH3 is 1. The summed E-state index contributed by atoms with van der Waals surface area (Å²) in [5, 5.41) is 13.1. The number of esters is 1. The number of aromatic nitrogens is 1. The Hall–Kier alpha value is -1.66. The number of pyridine rings is 1. The Morgan fingerprint density at radius 2 is 2.25 bits per heavy atom. The minimum absolute atomic E-state index is 0.335. The standard InChI is InChI=1S/C14H22N2O4/c1-4-20-13(17)11-5-6-12(15-9-11)16-10-14(2,18)7-8-19-3/h5-6,9,18H,4,7-8,10H2,1-3H3,(H,15,16). The number of hydrogen-bond donors (Lipinski definition) is 2. The predicted molar refractivity (Wildman–Crippen MR) is 75.8 cm³/mol. The molecule has 6 heteroatoms.